The molecular formula is C14H19N5O2. The molecule has 0 unspecified atom stereocenters. The maximum atomic E-state index is 12.6. The molecule has 0 atom stereocenters. The Morgan fingerprint density at radius 1 is 1.19 bits per heavy atom. The first kappa shape index (κ1) is 14.0. The first-order valence-corrected chi connectivity index (χ1v) is 7.21. The Bertz CT molecular complexity index is 627. The number of aliphatic hydroxyl groups is 1. The molecule has 7 nitrogen and oxygen atoms in total. The van der Waals surface area contributed by atoms with Gasteiger partial charge in [0.25, 0.3) is 5.91 Å². The highest BCUT2D eigenvalue weighted by atomic mass is 16.3. The molecule has 1 amide bonds. The third kappa shape index (κ3) is 3.03. The van der Waals surface area contributed by atoms with Crippen molar-refractivity contribution in [2.75, 3.05) is 39.3 Å². The van der Waals surface area contributed by atoms with Crippen molar-refractivity contribution in [3.05, 3.63) is 23.8 Å². The van der Waals surface area contributed by atoms with E-state index in [4.69, 9.17) is 5.11 Å². The van der Waals surface area contributed by atoms with Crippen LogP contribution in [0, 0.1) is 0 Å². The average Bonchev–Trinajstić information content (AvgIpc) is 2.85. The van der Waals surface area contributed by atoms with Crippen LogP contribution in [0.3, 0.4) is 0 Å². The zero-order chi connectivity index (χ0) is 14.7. The number of hydrogen-bond donors (Lipinski definition) is 2. The third-order valence-corrected chi connectivity index (χ3v) is 3.86. The van der Waals surface area contributed by atoms with E-state index < -0.39 is 0 Å². The standard InChI is InChI=1S/C14H19N5O2/c20-9-8-18-4-1-5-19(7-6-18)14(21)11-2-3-12-13(10-11)16-17-15-12/h2-3,10,20H,1,4-9H2,(H,15,16,17). The molecule has 0 radical (unpaired) electrons. The number of carbonyl (C=O) groups is 1. The molecule has 112 valence electrons. The number of amides is 1. The van der Waals surface area contributed by atoms with Gasteiger partial charge >= 0.3 is 0 Å². The zero-order valence-corrected chi connectivity index (χ0v) is 11.8. The number of hydrogen-bond acceptors (Lipinski definition) is 5. The fraction of sp³-hybridized carbons (Fsp3) is 0.500. The molecule has 2 heterocycles. The summed E-state index contributed by atoms with van der Waals surface area (Å²) >= 11 is 0. The topological polar surface area (TPSA) is 85.4 Å². The molecule has 0 aliphatic carbocycles. The second-order valence-electron chi connectivity index (χ2n) is 5.24. The number of nitrogens with one attached hydrogen (secondary N) is 1. The van der Waals surface area contributed by atoms with Gasteiger partial charge in [0, 0.05) is 31.7 Å². The molecule has 21 heavy (non-hydrogen) atoms. The number of rotatable bonds is 3. The lowest BCUT2D eigenvalue weighted by molar-refractivity contribution is 0.0760. The summed E-state index contributed by atoms with van der Waals surface area (Å²) in [5.41, 5.74) is 2.11. The molecule has 1 aliphatic heterocycles. The first-order valence-electron chi connectivity index (χ1n) is 7.21. The molecule has 7 heteroatoms. The van der Waals surface area contributed by atoms with Crippen LogP contribution < -0.4 is 0 Å². The van der Waals surface area contributed by atoms with Gasteiger partial charge in [-0.2, -0.15) is 15.4 Å². The van der Waals surface area contributed by atoms with Gasteiger partial charge in [0.15, 0.2) is 0 Å². The highest BCUT2D eigenvalue weighted by molar-refractivity contribution is 5.97. The van der Waals surface area contributed by atoms with Gasteiger partial charge in [-0.1, -0.05) is 0 Å². The van der Waals surface area contributed by atoms with Crippen LogP contribution in [0.15, 0.2) is 18.2 Å². The van der Waals surface area contributed by atoms with Gasteiger partial charge < -0.3 is 10.0 Å². The SMILES string of the molecule is O=C(c1ccc2n[nH]nc2c1)N1CCCN(CCO)CC1. The fourth-order valence-corrected chi connectivity index (χ4v) is 2.69. The number of carbonyl (C=O) groups excluding carboxylic acids is 1. The van der Waals surface area contributed by atoms with Crippen LogP contribution in [-0.4, -0.2) is 75.6 Å². The Hall–Kier alpha value is -1.99. The Morgan fingerprint density at radius 2 is 2.05 bits per heavy atom. The largest absolute Gasteiger partial charge is 0.395 e. The smallest absolute Gasteiger partial charge is 0.253 e. The van der Waals surface area contributed by atoms with Crippen molar-refractivity contribution in [1.82, 2.24) is 25.2 Å². The normalized spacial score (nSPS) is 17.1. The van der Waals surface area contributed by atoms with Crippen molar-refractivity contribution in [1.29, 1.82) is 0 Å². The Morgan fingerprint density at radius 3 is 2.90 bits per heavy atom. The molecule has 0 saturated carbocycles. The van der Waals surface area contributed by atoms with Crippen LogP contribution >= 0.6 is 0 Å². The minimum atomic E-state index is 0.0331. The van der Waals surface area contributed by atoms with E-state index in [0.717, 1.165) is 31.6 Å². The Balaban J connectivity index is 1.72. The minimum Gasteiger partial charge on any atom is -0.395 e. The number of nitrogens with zero attached hydrogens (tertiary/aromatic N) is 4. The number of aromatic amines is 1. The summed E-state index contributed by atoms with van der Waals surface area (Å²) < 4.78 is 0. The highest BCUT2D eigenvalue weighted by Crippen LogP contribution is 2.14. The van der Waals surface area contributed by atoms with Crippen LogP contribution in [0.4, 0.5) is 0 Å². The lowest BCUT2D eigenvalue weighted by atomic mass is 10.1. The van der Waals surface area contributed by atoms with Crippen molar-refractivity contribution in [3.63, 3.8) is 0 Å². The lowest BCUT2D eigenvalue weighted by Gasteiger charge is -2.21. The number of aliphatic hydroxyl groups excluding tert-OH is 1. The summed E-state index contributed by atoms with van der Waals surface area (Å²) in [6.45, 7) is 4.00. The maximum Gasteiger partial charge on any atom is 0.253 e. The summed E-state index contributed by atoms with van der Waals surface area (Å²) in [7, 11) is 0. The van der Waals surface area contributed by atoms with Gasteiger partial charge in [-0.25, -0.2) is 0 Å². The molecule has 0 bridgehead atoms. The molecule has 1 aromatic heterocycles. The second-order valence-corrected chi connectivity index (χ2v) is 5.24. The lowest BCUT2D eigenvalue weighted by Crippen LogP contribution is -2.35. The predicted molar refractivity (Wildman–Crippen MR) is 77.9 cm³/mol. The summed E-state index contributed by atoms with van der Waals surface area (Å²) in [5, 5.41) is 19.6. The minimum absolute atomic E-state index is 0.0331. The van der Waals surface area contributed by atoms with Crippen molar-refractivity contribution in [3.8, 4) is 0 Å². The van der Waals surface area contributed by atoms with E-state index in [1.54, 1.807) is 12.1 Å². The van der Waals surface area contributed by atoms with E-state index in [-0.39, 0.29) is 12.5 Å². The molecule has 1 aliphatic rings. The number of fused-ring (bicyclic) bond motifs is 1. The number of β-amino-alcohol motifs (C(OH)–C–C–N with tert-alkyl or cyclic N) is 1. The zero-order valence-electron chi connectivity index (χ0n) is 11.8. The van der Waals surface area contributed by atoms with Gasteiger partial charge in [-0.15, -0.1) is 0 Å². The van der Waals surface area contributed by atoms with Crippen LogP contribution in [0.1, 0.15) is 16.8 Å². The molecule has 3 rings (SSSR count). The van der Waals surface area contributed by atoms with Crippen LogP contribution in [-0.2, 0) is 0 Å². The third-order valence-electron chi connectivity index (χ3n) is 3.86. The van der Waals surface area contributed by atoms with E-state index in [1.807, 2.05) is 11.0 Å². The summed E-state index contributed by atoms with van der Waals surface area (Å²) in [6.07, 6.45) is 0.929. The maximum absolute atomic E-state index is 12.6. The van der Waals surface area contributed by atoms with Crippen molar-refractivity contribution >= 4 is 16.9 Å². The number of benzene rings is 1. The summed E-state index contributed by atoms with van der Waals surface area (Å²) in [4.78, 5) is 16.6. The monoisotopic (exact) mass is 289 g/mol. The predicted octanol–water partition coefficient (Wildman–Crippen LogP) is 0.0981. The van der Waals surface area contributed by atoms with E-state index in [1.165, 1.54) is 0 Å². The Kier molecular flexibility index (Phi) is 4.12. The molecule has 1 saturated heterocycles. The van der Waals surface area contributed by atoms with Crippen molar-refractivity contribution in [2.24, 2.45) is 0 Å². The highest BCUT2D eigenvalue weighted by Gasteiger charge is 2.20. The average molecular weight is 289 g/mol. The molecule has 0 spiro atoms. The van der Waals surface area contributed by atoms with Gasteiger partial charge in [-0.05, 0) is 31.2 Å². The molecule has 2 N–H and O–H groups in total. The second kappa shape index (κ2) is 6.19. The first-order chi connectivity index (χ1) is 10.3. The van der Waals surface area contributed by atoms with E-state index in [2.05, 4.69) is 20.3 Å². The van der Waals surface area contributed by atoms with Gasteiger partial charge in [0.2, 0.25) is 0 Å². The van der Waals surface area contributed by atoms with Crippen molar-refractivity contribution in [2.45, 2.75) is 6.42 Å². The summed E-state index contributed by atoms with van der Waals surface area (Å²) in [5.74, 6) is 0.0331. The number of H-pyrrole nitrogens is 1. The quantitative estimate of drug-likeness (QED) is 0.837. The number of aromatic nitrogens is 3. The molecule has 1 aromatic carbocycles. The fourth-order valence-electron chi connectivity index (χ4n) is 2.69. The summed E-state index contributed by atoms with van der Waals surface area (Å²) in [6, 6.07) is 5.38. The van der Waals surface area contributed by atoms with Crippen LogP contribution in [0.25, 0.3) is 11.0 Å². The molecule has 1 fully saturated rings. The van der Waals surface area contributed by atoms with Crippen LogP contribution in [0.2, 0.25) is 0 Å². The van der Waals surface area contributed by atoms with Crippen molar-refractivity contribution < 1.29 is 9.90 Å². The van der Waals surface area contributed by atoms with Gasteiger partial charge in [0.1, 0.15) is 11.0 Å². The van der Waals surface area contributed by atoms with E-state index in [9.17, 15) is 4.79 Å². The molecular weight excluding hydrogens is 270 g/mol. The Labute approximate surface area is 122 Å². The van der Waals surface area contributed by atoms with Gasteiger partial charge in [0.05, 0.1) is 6.61 Å². The van der Waals surface area contributed by atoms with E-state index in [0.29, 0.717) is 24.2 Å². The van der Waals surface area contributed by atoms with E-state index >= 15 is 0 Å². The van der Waals surface area contributed by atoms with Crippen LogP contribution in [0.5, 0.6) is 0 Å². The van der Waals surface area contributed by atoms with Gasteiger partial charge in [-0.3, -0.25) is 9.69 Å². The molecule has 2 aromatic rings.